The molecule has 3 aromatic rings. The Hall–Kier alpha value is -2.53. The summed E-state index contributed by atoms with van der Waals surface area (Å²) in [6, 6.07) is 11.7. The number of amides is 1. The van der Waals surface area contributed by atoms with Crippen molar-refractivity contribution in [2.45, 2.75) is 24.2 Å². The highest BCUT2D eigenvalue weighted by molar-refractivity contribution is 7.99. The zero-order chi connectivity index (χ0) is 26.0. The number of hydrogen-bond donors (Lipinski definition) is 0. The highest BCUT2D eigenvalue weighted by Crippen LogP contribution is 2.40. The van der Waals surface area contributed by atoms with Crippen molar-refractivity contribution in [2.24, 2.45) is 0 Å². The Labute approximate surface area is 226 Å². The van der Waals surface area contributed by atoms with E-state index in [1.807, 2.05) is 41.3 Å². The van der Waals surface area contributed by atoms with Crippen LogP contribution in [0, 0.1) is 0 Å². The summed E-state index contributed by atoms with van der Waals surface area (Å²) in [5.74, 6) is 3.21. The van der Waals surface area contributed by atoms with Crippen LogP contribution in [0.25, 0.3) is 10.2 Å². The van der Waals surface area contributed by atoms with Gasteiger partial charge >= 0.3 is 0 Å². The summed E-state index contributed by atoms with van der Waals surface area (Å²) in [4.78, 5) is 23.7. The first-order chi connectivity index (χ1) is 18.1. The monoisotopic (exact) mass is 545 g/mol. The van der Waals surface area contributed by atoms with E-state index in [2.05, 4.69) is 4.90 Å². The molecule has 1 saturated heterocycles. The third kappa shape index (κ3) is 7.28. The van der Waals surface area contributed by atoms with E-state index in [0.29, 0.717) is 23.8 Å². The average molecular weight is 546 g/mol. The van der Waals surface area contributed by atoms with Crippen molar-refractivity contribution in [2.75, 3.05) is 71.4 Å². The molecule has 2 heterocycles. The van der Waals surface area contributed by atoms with Crippen LogP contribution in [-0.4, -0.2) is 82.3 Å². The predicted molar refractivity (Wildman–Crippen MR) is 150 cm³/mol. The molecule has 10 heteroatoms. The first kappa shape index (κ1) is 27.5. The second-order valence-electron chi connectivity index (χ2n) is 8.62. The number of morpholine rings is 1. The van der Waals surface area contributed by atoms with Gasteiger partial charge in [0.1, 0.15) is 27.5 Å². The summed E-state index contributed by atoms with van der Waals surface area (Å²) in [5, 5.41) is 0.688. The van der Waals surface area contributed by atoms with E-state index in [-0.39, 0.29) is 5.91 Å². The Morgan fingerprint density at radius 3 is 2.46 bits per heavy atom. The van der Waals surface area contributed by atoms with E-state index < -0.39 is 0 Å². The van der Waals surface area contributed by atoms with Crippen LogP contribution in [0.5, 0.6) is 17.2 Å². The summed E-state index contributed by atoms with van der Waals surface area (Å²) < 4.78 is 22.7. The standard InChI is InChI=1S/C27H35N3O5S2/c1-32-20-7-9-21(10-8-20)36-19-4-6-24(31)30(14-5-13-29-15-17-35-18-16-29)27-28-25-22(33-2)11-12-23(34-3)26(25)37-27/h7-12H,4-6,13-19H2,1-3H3. The van der Waals surface area contributed by atoms with Crippen molar-refractivity contribution in [1.29, 1.82) is 0 Å². The molecule has 1 amide bonds. The number of aromatic nitrogens is 1. The van der Waals surface area contributed by atoms with Gasteiger partial charge in [0.2, 0.25) is 5.91 Å². The first-order valence-electron chi connectivity index (χ1n) is 12.5. The molecular weight excluding hydrogens is 510 g/mol. The molecule has 2 aromatic carbocycles. The van der Waals surface area contributed by atoms with Crippen molar-refractivity contribution in [3.8, 4) is 17.2 Å². The number of benzene rings is 2. The molecule has 1 aliphatic rings. The van der Waals surface area contributed by atoms with E-state index in [1.165, 1.54) is 16.2 Å². The molecule has 1 fully saturated rings. The van der Waals surface area contributed by atoms with Crippen LogP contribution in [0.3, 0.4) is 0 Å². The molecule has 0 saturated carbocycles. The fourth-order valence-electron chi connectivity index (χ4n) is 4.21. The Morgan fingerprint density at radius 1 is 1.03 bits per heavy atom. The summed E-state index contributed by atoms with van der Waals surface area (Å²) in [5.41, 5.74) is 0.725. The van der Waals surface area contributed by atoms with Gasteiger partial charge in [0.15, 0.2) is 5.13 Å². The third-order valence-corrected chi connectivity index (χ3v) is 8.45. The molecule has 1 aromatic heterocycles. The molecule has 8 nitrogen and oxygen atoms in total. The summed E-state index contributed by atoms with van der Waals surface area (Å²) in [6.07, 6.45) is 2.12. The number of fused-ring (bicyclic) bond motifs is 1. The lowest BCUT2D eigenvalue weighted by atomic mass is 10.2. The second-order valence-corrected chi connectivity index (χ2v) is 10.8. The Balaban J connectivity index is 1.43. The van der Waals surface area contributed by atoms with Gasteiger partial charge in [-0.05, 0) is 55.0 Å². The Morgan fingerprint density at radius 2 is 1.76 bits per heavy atom. The first-order valence-corrected chi connectivity index (χ1v) is 14.3. The molecule has 4 rings (SSSR count). The number of carbonyl (C=O) groups is 1. The number of thiazole rings is 1. The molecular formula is C27H35N3O5S2. The van der Waals surface area contributed by atoms with E-state index in [0.717, 1.165) is 73.2 Å². The van der Waals surface area contributed by atoms with Crippen molar-refractivity contribution in [3.05, 3.63) is 36.4 Å². The number of thioether (sulfide) groups is 1. The van der Waals surface area contributed by atoms with Gasteiger partial charge in [0.05, 0.1) is 34.5 Å². The fraction of sp³-hybridized carbons (Fsp3) is 0.481. The fourth-order valence-corrected chi connectivity index (χ4v) is 6.18. The molecule has 0 atom stereocenters. The van der Waals surface area contributed by atoms with Crippen LogP contribution in [0.15, 0.2) is 41.3 Å². The number of carbonyl (C=O) groups excluding carboxylic acids is 1. The number of hydrogen-bond acceptors (Lipinski definition) is 9. The molecule has 0 aliphatic carbocycles. The summed E-state index contributed by atoms with van der Waals surface area (Å²) in [7, 11) is 4.94. The number of rotatable bonds is 13. The van der Waals surface area contributed by atoms with Crippen LogP contribution in [-0.2, 0) is 9.53 Å². The van der Waals surface area contributed by atoms with Crippen LogP contribution in [0.4, 0.5) is 5.13 Å². The van der Waals surface area contributed by atoms with Crippen LogP contribution >= 0.6 is 23.1 Å². The zero-order valence-electron chi connectivity index (χ0n) is 21.7. The highest BCUT2D eigenvalue weighted by atomic mass is 32.2. The Bertz CT molecular complexity index is 1110. The molecule has 0 radical (unpaired) electrons. The van der Waals surface area contributed by atoms with Crippen molar-refractivity contribution in [1.82, 2.24) is 9.88 Å². The van der Waals surface area contributed by atoms with E-state index >= 15 is 0 Å². The highest BCUT2D eigenvalue weighted by Gasteiger charge is 2.23. The number of methoxy groups -OCH3 is 3. The van der Waals surface area contributed by atoms with Gasteiger partial charge in [-0.25, -0.2) is 4.98 Å². The lowest BCUT2D eigenvalue weighted by Crippen LogP contribution is -2.39. The quantitative estimate of drug-likeness (QED) is 0.221. The maximum Gasteiger partial charge on any atom is 0.228 e. The van der Waals surface area contributed by atoms with Gasteiger partial charge in [-0.1, -0.05) is 11.3 Å². The average Bonchev–Trinajstić information content (AvgIpc) is 3.39. The van der Waals surface area contributed by atoms with Crippen molar-refractivity contribution in [3.63, 3.8) is 0 Å². The lowest BCUT2D eigenvalue weighted by Gasteiger charge is -2.27. The number of ether oxygens (including phenoxy) is 4. The minimum Gasteiger partial charge on any atom is -0.497 e. The lowest BCUT2D eigenvalue weighted by molar-refractivity contribution is -0.118. The van der Waals surface area contributed by atoms with E-state index in [9.17, 15) is 4.79 Å². The number of nitrogens with zero attached hydrogens (tertiary/aromatic N) is 3. The van der Waals surface area contributed by atoms with Crippen LogP contribution < -0.4 is 19.1 Å². The largest absolute Gasteiger partial charge is 0.497 e. The maximum atomic E-state index is 13.5. The van der Waals surface area contributed by atoms with Gasteiger partial charge in [-0.15, -0.1) is 11.8 Å². The molecule has 37 heavy (non-hydrogen) atoms. The third-order valence-electron chi connectivity index (χ3n) is 6.25. The second kappa shape index (κ2) is 13.9. The van der Waals surface area contributed by atoms with Crippen LogP contribution in [0.2, 0.25) is 0 Å². The molecule has 0 N–H and O–H groups in total. The van der Waals surface area contributed by atoms with Gasteiger partial charge in [-0.2, -0.15) is 0 Å². The minimum absolute atomic E-state index is 0.0919. The molecule has 0 bridgehead atoms. The predicted octanol–water partition coefficient (Wildman–Crippen LogP) is 4.95. The van der Waals surface area contributed by atoms with Crippen molar-refractivity contribution >= 4 is 44.4 Å². The van der Waals surface area contributed by atoms with Crippen LogP contribution in [0.1, 0.15) is 19.3 Å². The molecule has 0 unspecified atom stereocenters. The summed E-state index contributed by atoms with van der Waals surface area (Å²) in [6.45, 7) is 4.96. The normalized spacial score (nSPS) is 14.0. The van der Waals surface area contributed by atoms with E-state index in [4.69, 9.17) is 23.9 Å². The van der Waals surface area contributed by atoms with Gasteiger partial charge in [-0.3, -0.25) is 14.6 Å². The van der Waals surface area contributed by atoms with Gasteiger partial charge < -0.3 is 18.9 Å². The van der Waals surface area contributed by atoms with Crippen molar-refractivity contribution < 1.29 is 23.7 Å². The molecule has 0 spiro atoms. The molecule has 200 valence electrons. The zero-order valence-corrected chi connectivity index (χ0v) is 23.4. The van der Waals surface area contributed by atoms with Gasteiger partial charge in [0, 0.05) is 37.5 Å². The van der Waals surface area contributed by atoms with Gasteiger partial charge in [0.25, 0.3) is 0 Å². The maximum absolute atomic E-state index is 13.5. The Kier molecular flexibility index (Phi) is 10.3. The summed E-state index contributed by atoms with van der Waals surface area (Å²) >= 11 is 3.23. The van der Waals surface area contributed by atoms with E-state index in [1.54, 1.807) is 33.1 Å². The SMILES string of the molecule is COc1ccc(SCCCC(=O)N(CCCN2CCOCC2)c2nc3c(OC)ccc(OC)c3s2)cc1. The topological polar surface area (TPSA) is 73.4 Å². The molecule has 1 aliphatic heterocycles. The number of anilines is 1. The minimum atomic E-state index is 0.0919. The smallest absolute Gasteiger partial charge is 0.228 e.